The van der Waals surface area contributed by atoms with Crippen LogP contribution in [0.3, 0.4) is 0 Å². The second-order valence-corrected chi connectivity index (χ2v) is 8.74. The van der Waals surface area contributed by atoms with Gasteiger partial charge in [0.05, 0.1) is 24.5 Å². The number of hydrogen-bond acceptors (Lipinski definition) is 5. The molecule has 7 heteroatoms. The second kappa shape index (κ2) is 7.32. The summed E-state index contributed by atoms with van der Waals surface area (Å²) in [4.78, 5) is 27.6. The predicted molar refractivity (Wildman–Crippen MR) is 117 cm³/mol. The molecule has 4 heterocycles. The van der Waals surface area contributed by atoms with Crippen molar-refractivity contribution in [2.45, 2.75) is 25.3 Å². The lowest BCUT2D eigenvalue weighted by atomic mass is 9.90. The van der Waals surface area contributed by atoms with Crippen LogP contribution in [0.1, 0.15) is 39.7 Å². The second-order valence-electron chi connectivity index (χ2n) is 7.76. The maximum absolute atomic E-state index is 12.5. The summed E-state index contributed by atoms with van der Waals surface area (Å²) >= 11 is 1.64. The smallest absolute Gasteiger partial charge is 0.341 e. The van der Waals surface area contributed by atoms with Crippen LogP contribution in [0.4, 0.5) is 5.69 Å². The lowest BCUT2D eigenvalue weighted by molar-refractivity contribution is 0.0694. The van der Waals surface area contributed by atoms with Crippen LogP contribution < -0.4 is 15.1 Å². The fraction of sp³-hybridized carbons (Fsp3) is 0.304. The number of thiophene rings is 1. The highest BCUT2D eigenvalue weighted by molar-refractivity contribution is 7.10. The Hall–Kier alpha value is -3.06. The van der Waals surface area contributed by atoms with Crippen LogP contribution in [-0.4, -0.2) is 35.8 Å². The van der Waals surface area contributed by atoms with Gasteiger partial charge in [-0.25, -0.2) is 4.79 Å². The first-order valence-electron chi connectivity index (χ1n) is 10.1. The number of anilines is 1. The van der Waals surface area contributed by atoms with Crippen LogP contribution in [-0.2, 0) is 6.42 Å². The van der Waals surface area contributed by atoms with Crippen molar-refractivity contribution >= 4 is 23.0 Å². The standard InChI is InChI=1S/C23H22N2O4S/c1-29-21-11-15-14(9-18(21)24-6-2-3-7-24)10-19(22-5-4-8-30-22)25-13-16(23(27)28)20(26)12-17(15)25/h4-5,8-9,11-13,19H,2-3,6-7,10H2,1H3,(H,27,28). The summed E-state index contributed by atoms with van der Waals surface area (Å²) in [6, 6.07) is 9.66. The summed E-state index contributed by atoms with van der Waals surface area (Å²) in [6.07, 6.45) is 4.58. The van der Waals surface area contributed by atoms with Crippen molar-refractivity contribution in [1.29, 1.82) is 0 Å². The van der Waals surface area contributed by atoms with Crippen LogP contribution in [0.15, 0.2) is 46.7 Å². The molecule has 154 valence electrons. The molecule has 0 spiro atoms. The molecule has 6 nitrogen and oxygen atoms in total. The summed E-state index contributed by atoms with van der Waals surface area (Å²) in [5.41, 5.74) is 3.22. The minimum atomic E-state index is -1.20. The molecule has 0 bridgehead atoms. The third kappa shape index (κ3) is 3.01. The number of methoxy groups -OCH3 is 1. The normalized spacial score (nSPS) is 17.5. The molecule has 0 aliphatic carbocycles. The number of carboxylic acid groups (broad SMARTS) is 1. The van der Waals surface area contributed by atoms with Gasteiger partial charge in [-0.05, 0) is 48.4 Å². The number of aromatic carboxylic acids is 1. The maximum atomic E-state index is 12.5. The van der Waals surface area contributed by atoms with E-state index in [1.165, 1.54) is 25.1 Å². The van der Waals surface area contributed by atoms with Gasteiger partial charge in [-0.3, -0.25) is 4.79 Å². The Morgan fingerprint density at radius 3 is 2.70 bits per heavy atom. The molecule has 1 atom stereocenters. The van der Waals surface area contributed by atoms with Gasteiger partial charge >= 0.3 is 5.97 Å². The van der Waals surface area contributed by atoms with Gasteiger partial charge in [0.1, 0.15) is 11.3 Å². The number of hydrogen-bond donors (Lipinski definition) is 1. The van der Waals surface area contributed by atoms with E-state index >= 15 is 0 Å². The molecular formula is C23H22N2O4S. The molecule has 0 saturated carbocycles. The van der Waals surface area contributed by atoms with Crippen molar-refractivity contribution in [3.05, 3.63) is 68.1 Å². The highest BCUT2D eigenvalue weighted by Crippen LogP contribution is 2.44. The molecule has 0 amide bonds. The Labute approximate surface area is 178 Å². The lowest BCUT2D eigenvalue weighted by Gasteiger charge is -2.32. The summed E-state index contributed by atoms with van der Waals surface area (Å²) in [7, 11) is 1.67. The van der Waals surface area contributed by atoms with E-state index in [1.54, 1.807) is 18.4 Å². The van der Waals surface area contributed by atoms with Crippen LogP contribution in [0, 0.1) is 0 Å². The number of aromatic nitrogens is 1. The van der Waals surface area contributed by atoms with Gasteiger partial charge in [0.25, 0.3) is 0 Å². The summed E-state index contributed by atoms with van der Waals surface area (Å²) in [6.45, 7) is 2.03. The minimum Gasteiger partial charge on any atom is -0.495 e. The molecular weight excluding hydrogens is 400 g/mol. The Morgan fingerprint density at radius 2 is 2.03 bits per heavy atom. The van der Waals surface area contributed by atoms with E-state index in [2.05, 4.69) is 17.0 Å². The molecule has 1 unspecified atom stereocenters. The number of rotatable bonds is 4. The van der Waals surface area contributed by atoms with Crippen molar-refractivity contribution < 1.29 is 14.6 Å². The number of ether oxygens (including phenoxy) is 1. The van der Waals surface area contributed by atoms with E-state index in [1.807, 2.05) is 22.1 Å². The van der Waals surface area contributed by atoms with E-state index in [-0.39, 0.29) is 11.6 Å². The monoisotopic (exact) mass is 422 g/mol. The molecule has 2 aliphatic heterocycles. The van der Waals surface area contributed by atoms with Crippen molar-refractivity contribution in [2.75, 3.05) is 25.1 Å². The van der Waals surface area contributed by atoms with Gasteiger partial charge in [0.15, 0.2) is 5.43 Å². The summed E-state index contributed by atoms with van der Waals surface area (Å²) in [5.74, 6) is -0.417. The Kier molecular flexibility index (Phi) is 4.62. The molecule has 1 fully saturated rings. The van der Waals surface area contributed by atoms with Crippen LogP contribution in [0.2, 0.25) is 0 Å². The Bertz CT molecular complexity index is 1180. The SMILES string of the molecule is COc1cc2c(cc1N1CCCC1)CC(c1cccs1)n1cc(C(=O)O)c(=O)cc1-2. The fourth-order valence-corrected chi connectivity index (χ4v) is 5.42. The number of pyridine rings is 1. The van der Waals surface area contributed by atoms with E-state index in [9.17, 15) is 14.7 Å². The number of carbonyl (C=O) groups is 1. The fourth-order valence-electron chi connectivity index (χ4n) is 4.60. The van der Waals surface area contributed by atoms with E-state index in [4.69, 9.17) is 4.74 Å². The van der Waals surface area contributed by atoms with Gasteiger partial charge in [-0.2, -0.15) is 0 Å². The third-order valence-electron chi connectivity index (χ3n) is 6.06. The first-order chi connectivity index (χ1) is 14.6. The average Bonchev–Trinajstić information content (AvgIpc) is 3.45. The van der Waals surface area contributed by atoms with E-state index < -0.39 is 11.4 Å². The minimum absolute atomic E-state index is 0.0500. The molecule has 30 heavy (non-hydrogen) atoms. The zero-order valence-electron chi connectivity index (χ0n) is 16.6. The Balaban J connectivity index is 1.74. The van der Waals surface area contributed by atoms with Crippen molar-refractivity contribution in [3.63, 3.8) is 0 Å². The lowest BCUT2D eigenvalue weighted by Crippen LogP contribution is -2.26. The molecule has 0 radical (unpaired) electrons. The predicted octanol–water partition coefficient (Wildman–Crippen LogP) is 4.03. The van der Waals surface area contributed by atoms with E-state index in [0.29, 0.717) is 0 Å². The highest BCUT2D eigenvalue weighted by Gasteiger charge is 2.30. The molecule has 5 rings (SSSR count). The largest absolute Gasteiger partial charge is 0.495 e. The van der Waals surface area contributed by atoms with Gasteiger partial charge in [-0.15, -0.1) is 11.3 Å². The van der Waals surface area contributed by atoms with Gasteiger partial charge in [-0.1, -0.05) is 6.07 Å². The van der Waals surface area contributed by atoms with Crippen LogP contribution in [0.5, 0.6) is 5.75 Å². The molecule has 1 aromatic carbocycles. The number of benzene rings is 1. The summed E-state index contributed by atoms with van der Waals surface area (Å²) < 4.78 is 7.65. The van der Waals surface area contributed by atoms with E-state index in [0.717, 1.165) is 52.6 Å². The molecule has 2 aromatic heterocycles. The number of carboxylic acids is 1. The number of nitrogens with zero attached hydrogens (tertiary/aromatic N) is 2. The topological polar surface area (TPSA) is 71.8 Å². The third-order valence-corrected chi connectivity index (χ3v) is 7.03. The van der Waals surface area contributed by atoms with Gasteiger partial charge in [0.2, 0.25) is 0 Å². The van der Waals surface area contributed by atoms with Gasteiger partial charge < -0.3 is 19.3 Å². The van der Waals surface area contributed by atoms with Gasteiger partial charge in [0, 0.05) is 35.8 Å². The molecule has 1 N–H and O–H groups in total. The number of fused-ring (bicyclic) bond motifs is 3. The zero-order valence-corrected chi connectivity index (χ0v) is 17.4. The zero-order chi connectivity index (χ0) is 20.8. The first kappa shape index (κ1) is 18.9. The Morgan fingerprint density at radius 1 is 1.23 bits per heavy atom. The van der Waals surface area contributed by atoms with Crippen molar-refractivity contribution in [2.24, 2.45) is 0 Å². The first-order valence-corrected chi connectivity index (χ1v) is 10.9. The van der Waals surface area contributed by atoms with Crippen molar-refractivity contribution in [3.8, 4) is 17.0 Å². The quantitative estimate of drug-likeness (QED) is 0.687. The average molecular weight is 423 g/mol. The summed E-state index contributed by atoms with van der Waals surface area (Å²) in [5, 5.41) is 11.5. The molecule has 3 aromatic rings. The van der Waals surface area contributed by atoms with Crippen molar-refractivity contribution in [1.82, 2.24) is 4.57 Å². The van der Waals surface area contributed by atoms with Crippen LogP contribution >= 0.6 is 11.3 Å². The van der Waals surface area contributed by atoms with Crippen LogP contribution in [0.25, 0.3) is 11.3 Å². The molecule has 1 saturated heterocycles. The highest BCUT2D eigenvalue weighted by atomic mass is 32.1. The maximum Gasteiger partial charge on any atom is 0.341 e. The molecule has 2 aliphatic rings.